The number of methoxy groups -OCH3 is 1. The smallest absolute Gasteiger partial charge is 0.193 e. The largest absolute Gasteiger partial charge is 0.382 e. The molecule has 6 nitrogen and oxygen atoms in total. The Kier molecular flexibility index (Phi) is 8.99. The first-order valence-electron chi connectivity index (χ1n) is 10.00. The summed E-state index contributed by atoms with van der Waals surface area (Å²) in [6.45, 7) is 7.43. The Morgan fingerprint density at radius 1 is 1.44 bits per heavy atom. The first-order valence-corrected chi connectivity index (χ1v) is 10.9. The number of aromatic nitrogens is 1. The molecule has 1 aliphatic rings. The highest BCUT2D eigenvalue weighted by Gasteiger charge is 2.33. The summed E-state index contributed by atoms with van der Waals surface area (Å²) in [7, 11) is 5.63. The molecule has 0 amide bonds. The lowest BCUT2D eigenvalue weighted by Crippen LogP contribution is -2.44. The average Bonchev–Trinajstić information content (AvgIpc) is 3.32. The Labute approximate surface area is 168 Å². The first kappa shape index (κ1) is 22.1. The maximum Gasteiger partial charge on any atom is 0.193 e. The van der Waals surface area contributed by atoms with Gasteiger partial charge in [0.2, 0.25) is 0 Å². The maximum absolute atomic E-state index is 5.63. The molecule has 1 fully saturated rings. The van der Waals surface area contributed by atoms with Gasteiger partial charge in [-0.2, -0.15) is 0 Å². The van der Waals surface area contributed by atoms with E-state index in [-0.39, 0.29) is 6.10 Å². The molecule has 1 aromatic heterocycles. The normalized spacial score (nSPS) is 17.9. The van der Waals surface area contributed by atoms with E-state index in [0.29, 0.717) is 5.41 Å². The van der Waals surface area contributed by atoms with Crippen molar-refractivity contribution in [3.8, 4) is 0 Å². The zero-order valence-electron chi connectivity index (χ0n) is 17.6. The highest BCUT2D eigenvalue weighted by molar-refractivity contribution is 7.09. The van der Waals surface area contributed by atoms with Crippen molar-refractivity contribution < 1.29 is 9.47 Å². The van der Waals surface area contributed by atoms with Gasteiger partial charge in [0.05, 0.1) is 12.2 Å². The summed E-state index contributed by atoms with van der Waals surface area (Å²) in [5, 5.41) is 6.74. The predicted octanol–water partition coefficient (Wildman–Crippen LogP) is 3.84. The lowest BCUT2D eigenvalue weighted by Gasteiger charge is -2.31. The Morgan fingerprint density at radius 2 is 2.19 bits per heavy atom. The van der Waals surface area contributed by atoms with Crippen LogP contribution in [0.15, 0.2) is 10.4 Å². The van der Waals surface area contributed by atoms with Gasteiger partial charge < -0.3 is 19.7 Å². The maximum atomic E-state index is 5.63. The molecule has 0 aliphatic heterocycles. The molecular formula is C20H36N4O2S. The second-order valence-electron chi connectivity index (χ2n) is 7.47. The monoisotopic (exact) mass is 396 g/mol. The number of ether oxygens (including phenoxy) is 2. The van der Waals surface area contributed by atoms with Gasteiger partial charge in [-0.15, -0.1) is 11.3 Å². The highest BCUT2D eigenvalue weighted by Crippen LogP contribution is 2.40. The van der Waals surface area contributed by atoms with Crippen LogP contribution >= 0.6 is 11.3 Å². The van der Waals surface area contributed by atoms with Gasteiger partial charge >= 0.3 is 0 Å². The summed E-state index contributed by atoms with van der Waals surface area (Å²) in [6.07, 6.45) is 6.36. The topological polar surface area (TPSA) is 59.0 Å². The minimum absolute atomic E-state index is 0.0408. The molecule has 1 heterocycles. The third-order valence-corrected chi connectivity index (χ3v) is 6.56. The molecule has 0 aromatic carbocycles. The molecular weight excluding hydrogens is 360 g/mol. The summed E-state index contributed by atoms with van der Waals surface area (Å²) in [4.78, 5) is 11.3. The lowest BCUT2D eigenvalue weighted by atomic mass is 9.83. The van der Waals surface area contributed by atoms with E-state index in [1.54, 1.807) is 18.4 Å². The zero-order valence-corrected chi connectivity index (χ0v) is 18.4. The molecule has 1 aromatic rings. The number of rotatable bonds is 10. The Morgan fingerprint density at radius 3 is 2.81 bits per heavy atom. The van der Waals surface area contributed by atoms with E-state index < -0.39 is 0 Å². The van der Waals surface area contributed by atoms with Crippen molar-refractivity contribution in [1.29, 1.82) is 0 Å². The molecule has 2 rings (SSSR count). The van der Waals surface area contributed by atoms with Gasteiger partial charge in [-0.1, -0.05) is 12.8 Å². The molecule has 27 heavy (non-hydrogen) atoms. The number of aliphatic imine (C=N–C) groups is 1. The van der Waals surface area contributed by atoms with Crippen LogP contribution in [0.3, 0.4) is 0 Å². The predicted molar refractivity (Wildman–Crippen MR) is 112 cm³/mol. The molecule has 1 N–H and O–H groups in total. The summed E-state index contributed by atoms with van der Waals surface area (Å²) in [5.74, 6) is 0.923. The van der Waals surface area contributed by atoms with Crippen molar-refractivity contribution >= 4 is 17.3 Å². The second-order valence-corrected chi connectivity index (χ2v) is 8.36. The lowest BCUT2D eigenvalue weighted by molar-refractivity contribution is 0.104. The van der Waals surface area contributed by atoms with Crippen LogP contribution in [0, 0.1) is 5.41 Å². The molecule has 0 saturated heterocycles. The molecule has 1 unspecified atom stereocenters. The van der Waals surface area contributed by atoms with Crippen LogP contribution in [0.25, 0.3) is 0 Å². The number of thiazole rings is 1. The number of hydrogen-bond donors (Lipinski definition) is 1. The van der Waals surface area contributed by atoms with Crippen molar-refractivity contribution in [2.45, 2.75) is 58.6 Å². The standard InChI is InChI=1S/C20H36N4O2S/c1-6-26-12-11-20(9-7-8-10-20)15-22-19(21-3)24(4)13-17-14-27-18(23-17)16(2)25-5/h14,16H,6-13,15H2,1-5H3,(H,21,22). The van der Waals surface area contributed by atoms with Crippen LogP contribution in [0.4, 0.5) is 0 Å². The van der Waals surface area contributed by atoms with E-state index in [0.717, 1.165) is 49.4 Å². The average molecular weight is 397 g/mol. The fraction of sp³-hybridized carbons (Fsp3) is 0.800. The van der Waals surface area contributed by atoms with Crippen LogP contribution in [-0.4, -0.2) is 56.8 Å². The van der Waals surface area contributed by atoms with Gasteiger partial charge in [0, 0.05) is 46.3 Å². The van der Waals surface area contributed by atoms with Crippen molar-refractivity contribution in [2.75, 3.05) is 41.0 Å². The van der Waals surface area contributed by atoms with Gasteiger partial charge in [-0.25, -0.2) is 4.98 Å². The summed E-state index contributed by atoms with van der Waals surface area (Å²) < 4.78 is 11.0. The van der Waals surface area contributed by atoms with Gasteiger partial charge in [-0.3, -0.25) is 4.99 Å². The van der Waals surface area contributed by atoms with Gasteiger partial charge in [0.1, 0.15) is 11.1 Å². The highest BCUT2D eigenvalue weighted by atomic mass is 32.1. The Hall–Kier alpha value is -1.18. The third-order valence-electron chi connectivity index (χ3n) is 5.51. The van der Waals surface area contributed by atoms with Gasteiger partial charge in [0.15, 0.2) is 5.96 Å². The van der Waals surface area contributed by atoms with E-state index in [2.05, 4.69) is 34.6 Å². The molecule has 0 bridgehead atoms. The molecule has 154 valence electrons. The number of nitrogens with zero attached hydrogens (tertiary/aromatic N) is 3. The van der Waals surface area contributed by atoms with Crippen LogP contribution in [0.1, 0.15) is 62.8 Å². The molecule has 1 atom stereocenters. The van der Waals surface area contributed by atoms with Crippen LogP contribution in [0.5, 0.6) is 0 Å². The fourth-order valence-electron chi connectivity index (χ4n) is 3.73. The first-order chi connectivity index (χ1) is 13.0. The Bertz CT molecular complexity index is 584. The molecule has 1 aliphatic carbocycles. The number of nitrogens with one attached hydrogen (secondary N) is 1. The van der Waals surface area contributed by atoms with Gasteiger partial charge in [-0.05, 0) is 38.5 Å². The minimum atomic E-state index is 0.0408. The summed E-state index contributed by atoms with van der Waals surface area (Å²) in [5.41, 5.74) is 1.39. The van der Waals surface area contributed by atoms with E-state index in [4.69, 9.17) is 14.5 Å². The van der Waals surface area contributed by atoms with Crippen LogP contribution in [-0.2, 0) is 16.0 Å². The fourth-order valence-corrected chi connectivity index (χ4v) is 4.57. The van der Waals surface area contributed by atoms with Crippen molar-refractivity contribution in [3.63, 3.8) is 0 Å². The third kappa shape index (κ3) is 6.43. The van der Waals surface area contributed by atoms with E-state index in [1.807, 2.05) is 14.0 Å². The molecule has 1 saturated carbocycles. The van der Waals surface area contributed by atoms with Crippen LogP contribution < -0.4 is 5.32 Å². The Balaban J connectivity index is 1.90. The van der Waals surface area contributed by atoms with Crippen molar-refractivity contribution in [3.05, 3.63) is 16.1 Å². The number of guanidine groups is 1. The minimum Gasteiger partial charge on any atom is -0.382 e. The van der Waals surface area contributed by atoms with Crippen molar-refractivity contribution in [1.82, 2.24) is 15.2 Å². The summed E-state index contributed by atoms with van der Waals surface area (Å²) >= 11 is 1.65. The number of hydrogen-bond acceptors (Lipinski definition) is 5. The molecule has 7 heteroatoms. The molecule has 0 radical (unpaired) electrons. The SMILES string of the molecule is CCOCCC1(CNC(=NC)N(C)Cc2csc(C(C)OC)n2)CCCC1. The van der Waals surface area contributed by atoms with Crippen molar-refractivity contribution in [2.24, 2.45) is 10.4 Å². The van der Waals surface area contributed by atoms with E-state index in [1.165, 1.54) is 25.7 Å². The van der Waals surface area contributed by atoms with Gasteiger partial charge in [0.25, 0.3) is 0 Å². The second kappa shape index (κ2) is 11.0. The van der Waals surface area contributed by atoms with Crippen LogP contribution in [0.2, 0.25) is 0 Å². The molecule has 0 spiro atoms. The van der Waals surface area contributed by atoms with E-state index in [9.17, 15) is 0 Å². The summed E-state index contributed by atoms with van der Waals surface area (Å²) in [6, 6.07) is 0. The van der Waals surface area contributed by atoms with E-state index >= 15 is 0 Å². The quantitative estimate of drug-likeness (QED) is 0.370. The zero-order chi connectivity index (χ0) is 19.7.